The highest BCUT2D eigenvalue weighted by Gasteiger charge is 2.19. The third-order valence-electron chi connectivity index (χ3n) is 2.13. The first-order valence-corrected chi connectivity index (χ1v) is 6.85. The Morgan fingerprint density at radius 3 is 2.89 bits per heavy atom. The first-order valence-electron chi connectivity index (χ1n) is 5.26. The molecule has 0 aromatic carbocycles. The molecule has 0 saturated carbocycles. The van der Waals surface area contributed by atoms with Crippen molar-refractivity contribution in [3.63, 3.8) is 0 Å². The number of nitrogens with zero attached hydrogens (tertiary/aromatic N) is 4. The van der Waals surface area contributed by atoms with Crippen molar-refractivity contribution in [1.29, 1.82) is 0 Å². The predicted octanol–water partition coefficient (Wildman–Crippen LogP) is 1.84. The number of hydrazine groups is 1. The van der Waals surface area contributed by atoms with Crippen molar-refractivity contribution in [2.75, 3.05) is 5.43 Å². The minimum atomic E-state index is -0.489. The Morgan fingerprint density at radius 1 is 1.53 bits per heavy atom. The molecule has 3 N–H and O–H groups in total. The molecule has 0 atom stereocenters. The van der Waals surface area contributed by atoms with Gasteiger partial charge in [-0.1, -0.05) is 6.92 Å². The number of hydrogen-bond acceptors (Lipinski definition) is 9. The molecule has 0 saturated heterocycles. The standard InChI is InChI=1S/C9H10N6O2S2/c1-2-6-12-9(19-14-6)18-8-5(15(16)17)3-4-7(11-8)13-10/h3-4H,2,10H2,1H3,(H,11,13). The maximum Gasteiger partial charge on any atom is 0.301 e. The van der Waals surface area contributed by atoms with Gasteiger partial charge in [0.2, 0.25) is 0 Å². The van der Waals surface area contributed by atoms with Crippen LogP contribution < -0.4 is 11.3 Å². The van der Waals surface area contributed by atoms with Gasteiger partial charge in [0.05, 0.1) is 4.92 Å². The zero-order chi connectivity index (χ0) is 13.8. The number of nitrogens with one attached hydrogen (secondary N) is 1. The second-order valence-corrected chi connectivity index (χ2v) is 5.34. The van der Waals surface area contributed by atoms with E-state index in [9.17, 15) is 10.1 Å². The first-order chi connectivity index (χ1) is 9.13. The van der Waals surface area contributed by atoms with E-state index in [0.717, 1.165) is 18.2 Å². The summed E-state index contributed by atoms with van der Waals surface area (Å²) in [5.74, 6) is 6.31. The number of aryl methyl sites for hydroxylation is 1. The Labute approximate surface area is 116 Å². The van der Waals surface area contributed by atoms with Crippen molar-refractivity contribution in [3.05, 3.63) is 28.1 Å². The van der Waals surface area contributed by atoms with Gasteiger partial charge in [-0.05, 0) is 29.4 Å². The molecule has 2 aromatic rings. The van der Waals surface area contributed by atoms with Gasteiger partial charge < -0.3 is 5.43 Å². The summed E-state index contributed by atoms with van der Waals surface area (Å²) in [5, 5.41) is 11.2. The van der Waals surface area contributed by atoms with E-state index < -0.39 is 4.92 Å². The van der Waals surface area contributed by atoms with Gasteiger partial charge in [0, 0.05) is 12.5 Å². The molecule has 0 unspecified atom stereocenters. The maximum absolute atomic E-state index is 10.9. The first kappa shape index (κ1) is 13.6. The summed E-state index contributed by atoms with van der Waals surface area (Å²) in [6, 6.07) is 2.80. The summed E-state index contributed by atoms with van der Waals surface area (Å²) < 4.78 is 4.73. The van der Waals surface area contributed by atoms with Crippen molar-refractivity contribution < 1.29 is 4.92 Å². The Bertz CT molecular complexity index is 602. The molecule has 10 heteroatoms. The fraction of sp³-hybridized carbons (Fsp3) is 0.222. The molecule has 2 rings (SSSR count). The summed E-state index contributed by atoms with van der Waals surface area (Å²) in [5.41, 5.74) is 2.27. The van der Waals surface area contributed by atoms with Crippen molar-refractivity contribution in [2.45, 2.75) is 22.7 Å². The lowest BCUT2D eigenvalue weighted by atomic mass is 10.4. The van der Waals surface area contributed by atoms with Gasteiger partial charge in [-0.3, -0.25) is 10.1 Å². The topological polar surface area (TPSA) is 120 Å². The summed E-state index contributed by atoms with van der Waals surface area (Å²) in [6.07, 6.45) is 0.719. The van der Waals surface area contributed by atoms with E-state index in [0.29, 0.717) is 16.0 Å². The molecule has 2 heterocycles. The molecule has 0 spiro atoms. The average molecular weight is 298 g/mol. The third-order valence-corrected chi connectivity index (χ3v) is 3.92. The van der Waals surface area contributed by atoms with Crippen molar-refractivity contribution in [3.8, 4) is 0 Å². The minimum Gasteiger partial charge on any atom is -0.308 e. The SMILES string of the molecule is CCc1nsc(Sc2nc(NN)ccc2[N+](=O)[O-])n1. The number of nitro groups is 1. The molecule has 8 nitrogen and oxygen atoms in total. The van der Waals surface area contributed by atoms with Gasteiger partial charge in [0.1, 0.15) is 11.6 Å². The molecular weight excluding hydrogens is 288 g/mol. The van der Waals surface area contributed by atoms with Crippen LogP contribution >= 0.6 is 23.3 Å². The third kappa shape index (κ3) is 3.16. The number of rotatable bonds is 5. The fourth-order valence-corrected chi connectivity index (χ4v) is 2.94. The van der Waals surface area contributed by atoms with E-state index >= 15 is 0 Å². The summed E-state index contributed by atoms with van der Waals surface area (Å²) in [4.78, 5) is 18.8. The number of anilines is 1. The largest absolute Gasteiger partial charge is 0.308 e. The lowest BCUT2D eigenvalue weighted by Gasteiger charge is -2.02. The molecule has 2 aromatic heterocycles. The monoisotopic (exact) mass is 298 g/mol. The van der Waals surface area contributed by atoms with E-state index in [4.69, 9.17) is 5.84 Å². The van der Waals surface area contributed by atoms with Crippen molar-refractivity contribution in [2.24, 2.45) is 5.84 Å². The minimum absolute atomic E-state index is 0.0859. The lowest BCUT2D eigenvalue weighted by molar-refractivity contribution is -0.388. The number of nitrogen functional groups attached to an aromatic ring is 1. The van der Waals surface area contributed by atoms with Gasteiger partial charge in [0.15, 0.2) is 9.37 Å². The zero-order valence-corrected chi connectivity index (χ0v) is 11.5. The number of aromatic nitrogens is 3. The normalized spacial score (nSPS) is 10.4. The van der Waals surface area contributed by atoms with Crippen molar-refractivity contribution in [1.82, 2.24) is 14.3 Å². The molecule has 0 fully saturated rings. The lowest BCUT2D eigenvalue weighted by Crippen LogP contribution is -2.09. The van der Waals surface area contributed by atoms with Crippen LogP contribution in [0.3, 0.4) is 0 Å². The molecule has 0 bridgehead atoms. The fourth-order valence-electron chi connectivity index (χ4n) is 1.23. The van der Waals surface area contributed by atoms with E-state index in [2.05, 4.69) is 19.8 Å². The van der Waals surface area contributed by atoms with E-state index in [1.165, 1.54) is 23.7 Å². The molecule has 0 amide bonds. The second kappa shape index (κ2) is 5.91. The van der Waals surface area contributed by atoms with Crippen LogP contribution in [0.5, 0.6) is 0 Å². The second-order valence-electron chi connectivity index (χ2n) is 3.35. The van der Waals surface area contributed by atoms with Gasteiger partial charge in [-0.15, -0.1) is 0 Å². The average Bonchev–Trinajstić information content (AvgIpc) is 2.86. The maximum atomic E-state index is 10.9. The van der Waals surface area contributed by atoms with E-state index in [-0.39, 0.29) is 10.7 Å². The highest BCUT2D eigenvalue weighted by atomic mass is 32.2. The summed E-state index contributed by atoms with van der Waals surface area (Å²) in [7, 11) is 0. The predicted molar refractivity (Wildman–Crippen MR) is 72.1 cm³/mol. The summed E-state index contributed by atoms with van der Waals surface area (Å²) >= 11 is 2.30. The highest BCUT2D eigenvalue weighted by Crippen LogP contribution is 2.34. The van der Waals surface area contributed by atoms with E-state index in [1.807, 2.05) is 6.92 Å². The zero-order valence-electron chi connectivity index (χ0n) is 9.86. The number of pyridine rings is 1. The molecule has 0 radical (unpaired) electrons. The molecule has 0 aliphatic carbocycles. The Hall–Kier alpha value is -1.78. The van der Waals surface area contributed by atoms with E-state index in [1.54, 1.807) is 0 Å². The van der Waals surface area contributed by atoms with Gasteiger partial charge in [0.25, 0.3) is 0 Å². The van der Waals surface area contributed by atoms with Crippen molar-refractivity contribution >= 4 is 34.8 Å². The van der Waals surface area contributed by atoms with Gasteiger partial charge >= 0.3 is 5.69 Å². The Balaban J connectivity index is 2.33. The van der Waals surface area contributed by atoms with Gasteiger partial charge in [-0.25, -0.2) is 15.8 Å². The van der Waals surface area contributed by atoms with Gasteiger partial charge in [-0.2, -0.15) is 4.37 Å². The smallest absolute Gasteiger partial charge is 0.301 e. The quantitative estimate of drug-likeness (QED) is 0.487. The van der Waals surface area contributed by atoms with Crippen LogP contribution in [0.1, 0.15) is 12.7 Å². The van der Waals surface area contributed by atoms with Crippen LogP contribution in [-0.2, 0) is 6.42 Å². The van der Waals surface area contributed by atoms with Crippen LogP contribution in [0.2, 0.25) is 0 Å². The van der Waals surface area contributed by atoms with Crippen LogP contribution in [0, 0.1) is 10.1 Å². The van der Waals surface area contributed by atoms with Crippen LogP contribution in [-0.4, -0.2) is 19.3 Å². The van der Waals surface area contributed by atoms with Crippen LogP contribution in [0.4, 0.5) is 11.5 Å². The van der Waals surface area contributed by atoms with Crippen LogP contribution in [0.25, 0.3) is 0 Å². The Morgan fingerprint density at radius 2 is 2.32 bits per heavy atom. The number of nitrogens with two attached hydrogens (primary N) is 1. The number of hydrogen-bond donors (Lipinski definition) is 2. The molecule has 100 valence electrons. The molecule has 19 heavy (non-hydrogen) atoms. The Kier molecular flexibility index (Phi) is 4.24. The van der Waals surface area contributed by atoms with Crippen LogP contribution in [0.15, 0.2) is 21.5 Å². The molecule has 0 aliphatic rings. The highest BCUT2D eigenvalue weighted by molar-refractivity contribution is 8.01. The summed E-state index contributed by atoms with van der Waals surface area (Å²) in [6.45, 7) is 1.94. The molecular formula is C9H10N6O2S2. The molecule has 0 aliphatic heterocycles.